The predicted octanol–water partition coefficient (Wildman–Crippen LogP) is 3.90. The van der Waals surface area contributed by atoms with Crippen molar-refractivity contribution >= 4 is 29.1 Å². The molecule has 0 fully saturated rings. The van der Waals surface area contributed by atoms with Crippen molar-refractivity contribution < 1.29 is 14.2 Å². The van der Waals surface area contributed by atoms with Gasteiger partial charge in [0.05, 0.1) is 35.5 Å². The summed E-state index contributed by atoms with van der Waals surface area (Å²) in [5.74, 6) is -0.261. The number of benzene rings is 1. The summed E-state index contributed by atoms with van der Waals surface area (Å²) in [5, 5.41) is 26.1. The molecule has 4 rings (SSSR count). The van der Waals surface area contributed by atoms with Crippen LogP contribution in [0.5, 0.6) is 0 Å². The van der Waals surface area contributed by atoms with Crippen molar-refractivity contribution in [1.82, 2.24) is 24.7 Å². The number of nitrogens with one attached hydrogen (secondary N) is 1. The van der Waals surface area contributed by atoms with Gasteiger partial charge in [-0.2, -0.15) is 9.78 Å². The summed E-state index contributed by atoms with van der Waals surface area (Å²) in [6.45, 7) is 5.90. The highest BCUT2D eigenvalue weighted by atomic mass is 35.5. The van der Waals surface area contributed by atoms with Crippen LogP contribution in [0.4, 0.5) is 11.6 Å². The Kier molecular flexibility index (Phi) is 5.97. The molecule has 1 N–H and O–H groups in total. The van der Waals surface area contributed by atoms with Gasteiger partial charge in [0.2, 0.25) is 0 Å². The van der Waals surface area contributed by atoms with Crippen LogP contribution in [0.25, 0.3) is 0 Å². The maximum atomic E-state index is 12.9. The minimum Gasteiger partial charge on any atom is -0.361 e. The molecule has 1 aromatic carbocycles. The third-order valence-corrected chi connectivity index (χ3v) is 5.32. The number of anilines is 1. The number of halogens is 1. The maximum Gasteiger partial charge on any atom is 0.390 e. The number of nitrogens with zero attached hydrogens (tertiary/aromatic N) is 6. The zero-order valence-electron chi connectivity index (χ0n) is 18.1. The second-order valence-corrected chi connectivity index (χ2v) is 8.00. The molecular formula is C21H20ClN7O4. The Morgan fingerprint density at radius 2 is 2.00 bits per heavy atom. The van der Waals surface area contributed by atoms with Crippen LogP contribution in [0, 0.1) is 30.9 Å². The Bertz CT molecular complexity index is 1350. The molecule has 170 valence electrons. The molecule has 0 saturated heterocycles. The summed E-state index contributed by atoms with van der Waals surface area (Å²) in [6.07, 6.45) is 1.63. The van der Waals surface area contributed by atoms with Crippen LogP contribution < -0.4 is 5.32 Å². The number of amides is 1. The van der Waals surface area contributed by atoms with Gasteiger partial charge in [-0.15, -0.1) is 0 Å². The maximum absolute atomic E-state index is 12.9. The fourth-order valence-corrected chi connectivity index (χ4v) is 3.57. The van der Waals surface area contributed by atoms with E-state index in [0.717, 1.165) is 11.1 Å². The van der Waals surface area contributed by atoms with E-state index < -0.39 is 10.8 Å². The van der Waals surface area contributed by atoms with Crippen LogP contribution in [-0.2, 0) is 13.1 Å². The highest BCUT2D eigenvalue weighted by molar-refractivity contribution is 6.33. The lowest BCUT2D eigenvalue weighted by atomic mass is 10.1. The van der Waals surface area contributed by atoms with E-state index in [9.17, 15) is 14.9 Å². The van der Waals surface area contributed by atoms with Crippen molar-refractivity contribution in [1.29, 1.82) is 0 Å². The molecule has 0 aliphatic carbocycles. The van der Waals surface area contributed by atoms with Gasteiger partial charge in [0.25, 0.3) is 5.91 Å². The first-order valence-electron chi connectivity index (χ1n) is 9.95. The molecule has 0 aliphatic rings. The molecule has 12 heteroatoms. The molecule has 3 aromatic heterocycles. The monoisotopic (exact) mass is 469 g/mol. The Labute approximate surface area is 193 Å². The Hall–Kier alpha value is -3.99. The number of aryl methyl sites for hydroxylation is 3. The Morgan fingerprint density at radius 3 is 2.70 bits per heavy atom. The van der Waals surface area contributed by atoms with E-state index in [-0.39, 0.29) is 28.9 Å². The fourth-order valence-electron chi connectivity index (χ4n) is 3.37. The molecule has 11 nitrogen and oxygen atoms in total. The van der Waals surface area contributed by atoms with Crippen LogP contribution >= 0.6 is 11.6 Å². The van der Waals surface area contributed by atoms with Gasteiger partial charge >= 0.3 is 5.82 Å². The first kappa shape index (κ1) is 22.2. The van der Waals surface area contributed by atoms with Crippen LogP contribution in [-0.4, -0.2) is 35.5 Å². The second kappa shape index (κ2) is 8.87. The van der Waals surface area contributed by atoms with Crippen molar-refractivity contribution in [2.45, 2.75) is 33.9 Å². The van der Waals surface area contributed by atoms with Gasteiger partial charge in [0.15, 0.2) is 11.5 Å². The summed E-state index contributed by atoms with van der Waals surface area (Å²) in [7, 11) is 0. The van der Waals surface area contributed by atoms with E-state index in [0.29, 0.717) is 23.6 Å². The Morgan fingerprint density at radius 1 is 1.21 bits per heavy atom. The van der Waals surface area contributed by atoms with E-state index in [1.54, 1.807) is 24.7 Å². The molecule has 0 unspecified atom stereocenters. The van der Waals surface area contributed by atoms with Crippen molar-refractivity contribution in [2.24, 2.45) is 0 Å². The van der Waals surface area contributed by atoms with Crippen LogP contribution in [0.1, 0.15) is 38.6 Å². The van der Waals surface area contributed by atoms with Crippen LogP contribution in [0.2, 0.25) is 5.02 Å². The normalized spacial score (nSPS) is 11.0. The molecule has 0 radical (unpaired) electrons. The average Bonchev–Trinajstić information content (AvgIpc) is 3.40. The van der Waals surface area contributed by atoms with Gasteiger partial charge in [0, 0.05) is 6.20 Å². The molecule has 0 bridgehead atoms. The number of hydrogen-bond donors (Lipinski definition) is 1. The van der Waals surface area contributed by atoms with Crippen molar-refractivity contribution in [3.05, 3.63) is 85.5 Å². The topological polar surface area (TPSA) is 134 Å². The van der Waals surface area contributed by atoms with E-state index in [2.05, 4.69) is 20.7 Å². The number of hydrogen-bond acceptors (Lipinski definition) is 7. The lowest BCUT2D eigenvalue weighted by molar-refractivity contribution is -0.389. The largest absolute Gasteiger partial charge is 0.390 e. The molecule has 4 aromatic rings. The van der Waals surface area contributed by atoms with Crippen LogP contribution in [0.3, 0.4) is 0 Å². The number of nitro groups is 1. The molecule has 1 amide bonds. The van der Waals surface area contributed by atoms with E-state index in [1.165, 1.54) is 10.7 Å². The van der Waals surface area contributed by atoms with Gasteiger partial charge in [-0.3, -0.25) is 9.48 Å². The first-order chi connectivity index (χ1) is 15.7. The highest BCUT2D eigenvalue weighted by Crippen LogP contribution is 2.23. The molecule has 0 atom stereocenters. The van der Waals surface area contributed by atoms with Crippen LogP contribution in [0.15, 0.2) is 41.1 Å². The number of carbonyl (C=O) groups is 1. The van der Waals surface area contributed by atoms with Crippen molar-refractivity contribution in [2.75, 3.05) is 5.32 Å². The number of rotatable bonds is 7. The minimum atomic E-state index is -0.577. The molecular weight excluding hydrogens is 450 g/mol. The zero-order chi connectivity index (χ0) is 23.7. The van der Waals surface area contributed by atoms with Crippen molar-refractivity contribution in [3.63, 3.8) is 0 Å². The highest BCUT2D eigenvalue weighted by Gasteiger charge is 2.25. The summed E-state index contributed by atoms with van der Waals surface area (Å²) >= 11 is 6.28. The molecule has 0 aliphatic heterocycles. The van der Waals surface area contributed by atoms with Gasteiger partial charge in [-0.1, -0.05) is 46.6 Å². The lowest BCUT2D eigenvalue weighted by Crippen LogP contribution is -2.17. The average molecular weight is 470 g/mol. The van der Waals surface area contributed by atoms with E-state index in [1.807, 2.05) is 31.2 Å². The van der Waals surface area contributed by atoms with E-state index in [4.69, 9.17) is 16.1 Å². The number of carbonyl (C=O) groups excluding carboxylic acids is 1. The first-order valence-corrected chi connectivity index (χ1v) is 10.3. The minimum absolute atomic E-state index is 0.0225. The zero-order valence-corrected chi connectivity index (χ0v) is 18.8. The summed E-state index contributed by atoms with van der Waals surface area (Å²) in [4.78, 5) is 23.3. The second-order valence-electron chi connectivity index (χ2n) is 7.59. The predicted molar refractivity (Wildman–Crippen MR) is 119 cm³/mol. The van der Waals surface area contributed by atoms with E-state index >= 15 is 0 Å². The smallest absolute Gasteiger partial charge is 0.361 e. The van der Waals surface area contributed by atoms with Gasteiger partial charge in [0.1, 0.15) is 10.8 Å². The van der Waals surface area contributed by atoms with Gasteiger partial charge < -0.3 is 20.0 Å². The standard InChI is InChI=1S/C21H20ClN7O4/c1-12-5-4-6-15(7-12)9-27-11-17(22)20(25-27)23-21(30)19-16(14(3)33-26-19)10-28-13(2)8-18(24-28)29(31)32/h4-8,11H,9-10H2,1-3H3,(H,23,25,30). The van der Waals surface area contributed by atoms with Crippen molar-refractivity contribution in [3.8, 4) is 0 Å². The van der Waals surface area contributed by atoms with Gasteiger partial charge in [-0.25, -0.2) is 0 Å². The lowest BCUT2D eigenvalue weighted by Gasteiger charge is -2.04. The molecule has 3 heterocycles. The third-order valence-electron chi connectivity index (χ3n) is 5.04. The summed E-state index contributed by atoms with van der Waals surface area (Å²) in [6, 6.07) is 9.34. The van der Waals surface area contributed by atoms with Gasteiger partial charge in [-0.05, 0) is 31.3 Å². The summed E-state index contributed by atoms with van der Waals surface area (Å²) in [5.41, 5.74) is 3.21. The molecule has 0 saturated carbocycles. The third kappa shape index (κ3) is 4.77. The number of aromatic nitrogens is 5. The summed E-state index contributed by atoms with van der Waals surface area (Å²) < 4.78 is 8.25. The molecule has 0 spiro atoms. The molecule has 33 heavy (non-hydrogen) atoms. The SMILES string of the molecule is Cc1cccc(Cn2cc(Cl)c(NC(=O)c3noc(C)c3Cn3nc([N+](=O)[O-])cc3C)n2)c1. The fraction of sp³-hybridized carbons (Fsp3) is 0.238. The quantitative estimate of drug-likeness (QED) is 0.320. The Balaban J connectivity index is 1.53.